The van der Waals surface area contributed by atoms with Crippen LogP contribution in [0.25, 0.3) is 0 Å². The van der Waals surface area contributed by atoms with E-state index in [1.165, 1.54) is 0 Å². The summed E-state index contributed by atoms with van der Waals surface area (Å²) in [4.78, 5) is 0. The third-order valence-electron chi connectivity index (χ3n) is 2.67. The third kappa shape index (κ3) is 1.28. The number of hydrogen-bond acceptors (Lipinski definition) is 2. The molecular formula is C10H12BClO2. The summed E-state index contributed by atoms with van der Waals surface area (Å²) in [6.45, 7) is 5.77. The quantitative estimate of drug-likeness (QED) is 0.659. The third-order valence-corrected chi connectivity index (χ3v) is 3.18. The van der Waals surface area contributed by atoms with Crippen molar-refractivity contribution in [2.45, 2.75) is 26.4 Å². The molecule has 0 atom stereocenters. The van der Waals surface area contributed by atoms with Gasteiger partial charge in [-0.3, -0.25) is 0 Å². The van der Waals surface area contributed by atoms with E-state index in [0.717, 1.165) is 16.6 Å². The molecule has 1 aliphatic heterocycles. The summed E-state index contributed by atoms with van der Waals surface area (Å²) in [5, 5.41) is 10.3. The van der Waals surface area contributed by atoms with Crippen molar-refractivity contribution in [1.82, 2.24) is 0 Å². The Labute approximate surface area is 89.0 Å². The van der Waals surface area contributed by atoms with Crippen LogP contribution in [0.1, 0.15) is 25.0 Å². The molecule has 1 aromatic rings. The van der Waals surface area contributed by atoms with Crippen LogP contribution in [0.15, 0.2) is 12.1 Å². The Kier molecular flexibility index (Phi) is 2.14. The maximum absolute atomic E-state index is 9.72. The van der Waals surface area contributed by atoms with E-state index >= 15 is 0 Å². The average Bonchev–Trinajstić information content (AvgIpc) is 2.29. The van der Waals surface area contributed by atoms with Crippen molar-refractivity contribution in [1.29, 1.82) is 0 Å². The lowest BCUT2D eigenvalue weighted by Gasteiger charge is -2.19. The lowest BCUT2D eigenvalue weighted by Crippen LogP contribution is -2.29. The van der Waals surface area contributed by atoms with Gasteiger partial charge < -0.3 is 9.68 Å². The Morgan fingerprint density at radius 2 is 2.07 bits per heavy atom. The molecule has 0 aliphatic carbocycles. The standard InChI is InChI=1S/C10H12BClO2/c1-6-4-5-7-8(9(6)12)11(13)14-10(7,2)3/h4-5,13H,1-3H3. The van der Waals surface area contributed by atoms with Gasteiger partial charge in [0.1, 0.15) is 0 Å². The zero-order valence-corrected chi connectivity index (χ0v) is 9.22. The summed E-state index contributed by atoms with van der Waals surface area (Å²) in [7, 11) is -0.896. The van der Waals surface area contributed by atoms with Crippen LogP contribution in [0.5, 0.6) is 0 Å². The fourth-order valence-corrected chi connectivity index (χ4v) is 2.13. The Morgan fingerprint density at radius 1 is 1.43 bits per heavy atom. The van der Waals surface area contributed by atoms with Crippen molar-refractivity contribution < 1.29 is 9.68 Å². The number of hydrogen-bond donors (Lipinski definition) is 1. The minimum absolute atomic E-state index is 0.452. The van der Waals surface area contributed by atoms with Crippen LogP contribution in [-0.2, 0) is 10.3 Å². The smallest absolute Gasteiger partial charge is 0.423 e. The van der Waals surface area contributed by atoms with E-state index in [4.69, 9.17) is 16.3 Å². The second-order valence-electron chi connectivity index (χ2n) is 4.14. The molecule has 0 aromatic heterocycles. The minimum Gasteiger partial charge on any atom is -0.423 e. The first-order chi connectivity index (χ1) is 6.43. The molecule has 0 bridgehead atoms. The molecule has 0 saturated carbocycles. The second kappa shape index (κ2) is 2.99. The fraction of sp³-hybridized carbons (Fsp3) is 0.400. The van der Waals surface area contributed by atoms with E-state index in [1.807, 2.05) is 32.9 Å². The second-order valence-corrected chi connectivity index (χ2v) is 4.52. The van der Waals surface area contributed by atoms with E-state index in [9.17, 15) is 5.02 Å². The summed E-state index contributed by atoms with van der Waals surface area (Å²) in [6.07, 6.45) is 0. The van der Waals surface area contributed by atoms with Crippen molar-refractivity contribution >= 4 is 24.2 Å². The molecule has 0 saturated heterocycles. The highest BCUT2D eigenvalue weighted by Crippen LogP contribution is 2.32. The maximum Gasteiger partial charge on any atom is 0.493 e. The zero-order valence-electron chi connectivity index (χ0n) is 8.47. The maximum atomic E-state index is 9.72. The fourth-order valence-electron chi connectivity index (χ4n) is 1.87. The summed E-state index contributed by atoms with van der Waals surface area (Å²) in [5.41, 5.74) is 2.20. The van der Waals surface area contributed by atoms with Crippen molar-refractivity contribution in [2.24, 2.45) is 0 Å². The molecule has 1 heterocycles. The molecule has 0 amide bonds. The summed E-state index contributed by atoms with van der Waals surface area (Å²) >= 11 is 6.12. The summed E-state index contributed by atoms with van der Waals surface area (Å²) in [6, 6.07) is 3.91. The minimum atomic E-state index is -0.896. The molecule has 2 rings (SSSR count). The predicted molar refractivity (Wildman–Crippen MR) is 57.9 cm³/mol. The van der Waals surface area contributed by atoms with Gasteiger partial charge >= 0.3 is 7.12 Å². The summed E-state index contributed by atoms with van der Waals surface area (Å²) < 4.78 is 5.43. The monoisotopic (exact) mass is 210 g/mol. The first-order valence-corrected chi connectivity index (χ1v) is 4.96. The van der Waals surface area contributed by atoms with Crippen molar-refractivity contribution in [3.63, 3.8) is 0 Å². The van der Waals surface area contributed by atoms with Gasteiger partial charge in [0.15, 0.2) is 0 Å². The highest BCUT2D eigenvalue weighted by Gasteiger charge is 2.42. The van der Waals surface area contributed by atoms with Gasteiger partial charge in [-0.25, -0.2) is 0 Å². The van der Waals surface area contributed by atoms with Crippen LogP contribution in [0.2, 0.25) is 5.02 Å². The van der Waals surface area contributed by atoms with Crippen molar-refractivity contribution in [3.8, 4) is 0 Å². The van der Waals surface area contributed by atoms with E-state index in [-0.39, 0.29) is 0 Å². The average molecular weight is 210 g/mol. The molecule has 4 heteroatoms. The normalized spacial score (nSPS) is 18.5. The number of benzene rings is 1. The molecule has 0 unspecified atom stereocenters. The van der Waals surface area contributed by atoms with Crippen LogP contribution in [0.3, 0.4) is 0 Å². The lowest BCUT2D eigenvalue weighted by molar-refractivity contribution is 0.101. The highest BCUT2D eigenvalue weighted by molar-refractivity contribution is 6.65. The molecular weight excluding hydrogens is 198 g/mol. The van der Waals surface area contributed by atoms with Gasteiger partial charge in [-0.05, 0) is 31.9 Å². The van der Waals surface area contributed by atoms with Crippen LogP contribution < -0.4 is 5.46 Å². The van der Waals surface area contributed by atoms with Crippen molar-refractivity contribution in [3.05, 3.63) is 28.3 Å². The first kappa shape index (κ1) is 10.0. The van der Waals surface area contributed by atoms with E-state index in [0.29, 0.717) is 5.02 Å². The number of fused-ring (bicyclic) bond motifs is 1. The molecule has 1 N–H and O–H groups in total. The Hall–Kier alpha value is -0.505. The van der Waals surface area contributed by atoms with Crippen LogP contribution >= 0.6 is 11.6 Å². The molecule has 14 heavy (non-hydrogen) atoms. The molecule has 0 fully saturated rings. The van der Waals surface area contributed by atoms with Crippen LogP contribution in [0, 0.1) is 6.92 Å². The molecule has 74 valence electrons. The summed E-state index contributed by atoms with van der Waals surface area (Å²) in [5.74, 6) is 0. The van der Waals surface area contributed by atoms with Gasteiger partial charge in [0, 0.05) is 10.5 Å². The van der Waals surface area contributed by atoms with Gasteiger partial charge in [-0.1, -0.05) is 23.7 Å². The topological polar surface area (TPSA) is 29.5 Å². The van der Waals surface area contributed by atoms with E-state index in [1.54, 1.807) is 0 Å². The van der Waals surface area contributed by atoms with Gasteiger partial charge in [-0.2, -0.15) is 0 Å². The Bertz CT molecular complexity index is 390. The number of halogens is 1. The Balaban J connectivity index is 2.69. The first-order valence-electron chi connectivity index (χ1n) is 4.59. The van der Waals surface area contributed by atoms with Crippen molar-refractivity contribution in [2.75, 3.05) is 0 Å². The number of aryl methyl sites for hydroxylation is 1. The molecule has 1 aliphatic rings. The van der Waals surface area contributed by atoms with E-state index < -0.39 is 12.7 Å². The number of rotatable bonds is 0. The zero-order chi connectivity index (χ0) is 10.5. The highest BCUT2D eigenvalue weighted by atomic mass is 35.5. The SMILES string of the molecule is Cc1ccc2c(c1Cl)B(O)OC2(C)C. The molecule has 2 nitrogen and oxygen atoms in total. The lowest BCUT2D eigenvalue weighted by atomic mass is 9.77. The Morgan fingerprint density at radius 3 is 2.71 bits per heavy atom. The molecule has 0 radical (unpaired) electrons. The van der Waals surface area contributed by atoms with Gasteiger partial charge in [0.25, 0.3) is 0 Å². The van der Waals surface area contributed by atoms with Crippen LogP contribution in [0.4, 0.5) is 0 Å². The molecule has 1 aromatic carbocycles. The largest absolute Gasteiger partial charge is 0.493 e. The van der Waals surface area contributed by atoms with E-state index in [2.05, 4.69) is 0 Å². The van der Waals surface area contributed by atoms with Gasteiger partial charge in [-0.15, -0.1) is 0 Å². The van der Waals surface area contributed by atoms with Gasteiger partial charge in [0.2, 0.25) is 0 Å². The molecule has 0 spiro atoms. The van der Waals surface area contributed by atoms with Gasteiger partial charge in [0.05, 0.1) is 5.60 Å². The van der Waals surface area contributed by atoms with Crippen LogP contribution in [-0.4, -0.2) is 12.1 Å². The predicted octanol–water partition coefficient (Wildman–Crippen LogP) is 1.60.